The zero-order valence-corrected chi connectivity index (χ0v) is 19.6. The Labute approximate surface area is 201 Å². The van der Waals surface area contributed by atoms with Crippen LogP contribution in [-0.4, -0.2) is 6.61 Å². The van der Waals surface area contributed by atoms with E-state index in [1.807, 2.05) is 0 Å². The Kier molecular flexibility index (Phi) is 7.63. The second-order valence-electron chi connectivity index (χ2n) is 8.91. The van der Waals surface area contributed by atoms with Crippen molar-refractivity contribution < 1.29 is 31.4 Å². The lowest BCUT2D eigenvalue weighted by Crippen LogP contribution is -2.14. The van der Waals surface area contributed by atoms with E-state index in [-0.39, 0.29) is 47.7 Å². The summed E-state index contributed by atoms with van der Waals surface area (Å²) >= 11 is 0. The van der Waals surface area contributed by atoms with Crippen LogP contribution in [0.25, 0.3) is 0 Å². The number of aryl methyl sites for hydroxylation is 1. The molecule has 3 aromatic rings. The van der Waals surface area contributed by atoms with E-state index in [9.17, 15) is 22.0 Å². The minimum Gasteiger partial charge on any atom is -0.491 e. The number of benzene rings is 3. The molecule has 35 heavy (non-hydrogen) atoms. The molecule has 0 saturated heterocycles. The molecule has 3 aromatic carbocycles. The maximum Gasteiger partial charge on any atom is 0.204 e. The van der Waals surface area contributed by atoms with Crippen molar-refractivity contribution in [2.45, 2.75) is 58.0 Å². The van der Waals surface area contributed by atoms with E-state index >= 15 is 0 Å². The van der Waals surface area contributed by atoms with E-state index in [0.29, 0.717) is 18.4 Å². The molecule has 0 aliphatic heterocycles. The number of hydrogen-bond acceptors (Lipinski definition) is 2. The average molecular weight is 491 g/mol. The molecule has 0 aromatic heterocycles. The van der Waals surface area contributed by atoms with Crippen LogP contribution < -0.4 is 9.47 Å². The van der Waals surface area contributed by atoms with Crippen molar-refractivity contribution in [3.63, 3.8) is 0 Å². The Balaban J connectivity index is 1.39. The Morgan fingerprint density at radius 2 is 1.34 bits per heavy atom. The van der Waals surface area contributed by atoms with Crippen LogP contribution in [0.2, 0.25) is 0 Å². The van der Waals surface area contributed by atoms with Crippen molar-refractivity contribution in [3.05, 3.63) is 93.8 Å². The van der Waals surface area contributed by atoms with Gasteiger partial charge in [-0.1, -0.05) is 24.3 Å². The zero-order chi connectivity index (χ0) is 25.1. The highest BCUT2D eigenvalue weighted by Crippen LogP contribution is 2.42. The minimum atomic E-state index is -1.19. The largest absolute Gasteiger partial charge is 0.491 e. The highest BCUT2D eigenvalue weighted by Gasteiger charge is 2.27. The lowest BCUT2D eigenvalue weighted by Gasteiger charge is -2.29. The maximum absolute atomic E-state index is 14.8. The smallest absolute Gasteiger partial charge is 0.204 e. The fraction of sp³-hybridized carbons (Fsp3) is 0.357. The topological polar surface area (TPSA) is 18.5 Å². The van der Waals surface area contributed by atoms with E-state index in [1.165, 1.54) is 25.1 Å². The number of hydrogen-bond donors (Lipinski definition) is 0. The number of halogens is 5. The summed E-state index contributed by atoms with van der Waals surface area (Å²) in [6.45, 7) is 3.12. The predicted octanol–water partition coefficient (Wildman–Crippen LogP) is 8.11. The van der Waals surface area contributed by atoms with E-state index in [4.69, 9.17) is 9.47 Å². The van der Waals surface area contributed by atoms with Crippen molar-refractivity contribution in [3.8, 4) is 11.5 Å². The Bertz CT molecular complexity index is 1200. The number of rotatable bonds is 7. The summed E-state index contributed by atoms with van der Waals surface area (Å²) in [6, 6.07) is 10.6. The lowest BCUT2D eigenvalue weighted by atomic mass is 9.76. The molecule has 1 fully saturated rings. The SMILES string of the molecule is CCOc1ccc(OCc2ccc(C3CCC(c4ccc(C)c(F)c4F)CC3)cc2F)c(F)c1F. The standard InChI is InChI=1S/C28H27F5O2/c1-3-34-23-12-13-24(28(33)27(23)32)35-15-20-10-9-19(14-22(20)29)17-5-7-18(8-6-17)21-11-4-16(2)25(30)26(21)31/h4,9-14,17-18H,3,5-8,15H2,1-2H3. The second kappa shape index (κ2) is 10.7. The van der Waals surface area contributed by atoms with E-state index in [1.54, 1.807) is 31.2 Å². The maximum atomic E-state index is 14.8. The third-order valence-electron chi connectivity index (χ3n) is 6.72. The van der Waals surface area contributed by atoms with Gasteiger partial charge in [0, 0.05) is 5.56 Å². The fourth-order valence-corrected chi connectivity index (χ4v) is 4.70. The molecule has 0 atom stereocenters. The molecule has 0 heterocycles. The molecular weight excluding hydrogens is 463 g/mol. The van der Waals surface area contributed by atoms with Crippen molar-refractivity contribution in [2.75, 3.05) is 6.61 Å². The van der Waals surface area contributed by atoms with Crippen LogP contribution >= 0.6 is 0 Å². The first kappa shape index (κ1) is 25.0. The molecule has 0 spiro atoms. The number of ether oxygens (including phenoxy) is 2. The van der Waals surface area contributed by atoms with Gasteiger partial charge in [0.15, 0.2) is 23.1 Å². The molecular formula is C28H27F5O2. The second-order valence-corrected chi connectivity index (χ2v) is 8.91. The van der Waals surface area contributed by atoms with Gasteiger partial charge in [-0.05, 0) is 86.3 Å². The molecule has 2 nitrogen and oxygen atoms in total. The van der Waals surface area contributed by atoms with Gasteiger partial charge in [-0.15, -0.1) is 0 Å². The van der Waals surface area contributed by atoms with Crippen LogP contribution in [0.15, 0.2) is 42.5 Å². The molecule has 0 bridgehead atoms. The molecule has 1 aliphatic carbocycles. The summed E-state index contributed by atoms with van der Waals surface area (Å²) in [6.07, 6.45) is 2.81. The Morgan fingerprint density at radius 1 is 0.714 bits per heavy atom. The van der Waals surface area contributed by atoms with Crippen molar-refractivity contribution in [1.82, 2.24) is 0 Å². The van der Waals surface area contributed by atoms with Crippen LogP contribution in [0.3, 0.4) is 0 Å². The molecule has 0 radical (unpaired) electrons. The summed E-state index contributed by atoms with van der Waals surface area (Å²) in [5.74, 6) is -4.90. The molecule has 0 N–H and O–H groups in total. The molecule has 1 saturated carbocycles. The van der Waals surface area contributed by atoms with Gasteiger partial charge in [0.2, 0.25) is 11.6 Å². The molecule has 1 aliphatic rings. The first-order chi connectivity index (χ1) is 16.8. The van der Waals surface area contributed by atoms with Crippen molar-refractivity contribution in [1.29, 1.82) is 0 Å². The van der Waals surface area contributed by atoms with Gasteiger partial charge in [-0.3, -0.25) is 0 Å². The molecule has 7 heteroatoms. The Morgan fingerprint density at radius 3 is 1.97 bits per heavy atom. The molecule has 0 amide bonds. The van der Waals surface area contributed by atoms with Crippen LogP contribution in [0.4, 0.5) is 22.0 Å². The third-order valence-corrected chi connectivity index (χ3v) is 6.72. The van der Waals surface area contributed by atoms with Gasteiger partial charge in [0.1, 0.15) is 12.4 Å². The third kappa shape index (κ3) is 5.29. The normalized spacial score (nSPS) is 17.9. The first-order valence-corrected chi connectivity index (χ1v) is 11.8. The van der Waals surface area contributed by atoms with E-state index in [0.717, 1.165) is 18.4 Å². The van der Waals surface area contributed by atoms with E-state index < -0.39 is 29.1 Å². The van der Waals surface area contributed by atoms with Gasteiger partial charge in [-0.25, -0.2) is 13.2 Å². The summed E-state index contributed by atoms with van der Waals surface area (Å²) in [5.41, 5.74) is 1.73. The van der Waals surface area contributed by atoms with Crippen molar-refractivity contribution >= 4 is 0 Å². The van der Waals surface area contributed by atoms with Gasteiger partial charge in [-0.2, -0.15) is 8.78 Å². The summed E-state index contributed by atoms with van der Waals surface area (Å²) in [7, 11) is 0. The highest BCUT2D eigenvalue weighted by molar-refractivity contribution is 5.36. The average Bonchev–Trinajstić information content (AvgIpc) is 2.86. The van der Waals surface area contributed by atoms with E-state index in [2.05, 4.69) is 0 Å². The quantitative estimate of drug-likeness (QED) is 0.312. The summed E-state index contributed by atoms with van der Waals surface area (Å²) < 4.78 is 81.6. The molecule has 0 unspecified atom stereocenters. The monoisotopic (exact) mass is 490 g/mol. The van der Waals surface area contributed by atoms with Crippen LogP contribution in [0.5, 0.6) is 11.5 Å². The van der Waals surface area contributed by atoms with Gasteiger partial charge < -0.3 is 9.47 Å². The fourth-order valence-electron chi connectivity index (χ4n) is 4.70. The van der Waals surface area contributed by atoms with Crippen LogP contribution in [0.1, 0.15) is 66.7 Å². The van der Waals surface area contributed by atoms with Crippen molar-refractivity contribution in [2.24, 2.45) is 0 Å². The highest BCUT2D eigenvalue weighted by atomic mass is 19.2. The Hall–Kier alpha value is -3.09. The zero-order valence-electron chi connectivity index (χ0n) is 19.6. The summed E-state index contributed by atoms with van der Waals surface area (Å²) in [4.78, 5) is 0. The molecule has 186 valence electrons. The summed E-state index contributed by atoms with van der Waals surface area (Å²) in [5, 5.41) is 0. The predicted molar refractivity (Wildman–Crippen MR) is 123 cm³/mol. The lowest BCUT2D eigenvalue weighted by molar-refractivity contribution is 0.270. The van der Waals surface area contributed by atoms with Crippen LogP contribution in [-0.2, 0) is 6.61 Å². The minimum absolute atomic E-state index is 0.0664. The van der Waals surface area contributed by atoms with Gasteiger partial charge in [0.25, 0.3) is 0 Å². The van der Waals surface area contributed by atoms with Gasteiger partial charge in [0.05, 0.1) is 6.61 Å². The molecule has 4 rings (SSSR count). The first-order valence-electron chi connectivity index (χ1n) is 11.8. The van der Waals surface area contributed by atoms with Gasteiger partial charge >= 0.3 is 0 Å². The van der Waals surface area contributed by atoms with Crippen LogP contribution in [0, 0.1) is 36.0 Å².